The summed E-state index contributed by atoms with van der Waals surface area (Å²) in [4.78, 5) is 24.1. The molecule has 0 unspecified atom stereocenters. The van der Waals surface area contributed by atoms with E-state index in [1.807, 2.05) is 0 Å². The van der Waals surface area contributed by atoms with Crippen LogP contribution in [0.25, 0.3) is 0 Å². The molecule has 2 aliphatic heterocycles. The molecule has 1 aromatic rings. The number of aliphatic hydroxyl groups is 1. The SMILES string of the molecule is O=C(Nc1ccc2c(c1)OCO2)N[C@H]1CC[C@@H](CCNC(=O)C2CC2)O[C@H]1CO. The molecule has 3 aliphatic rings. The second-order valence-electron chi connectivity index (χ2n) is 7.68. The minimum Gasteiger partial charge on any atom is -0.454 e. The van der Waals surface area contributed by atoms with Gasteiger partial charge < -0.3 is 35.3 Å². The van der Waals surface area contributed by atoms with Crippen LogP contribution in [0.15, 0.2) is 18.2 Å². The number of carbonyl (C=O) groups excluding carboxylic acids is 2. The van der Waals surface area contributed by atoms with E-state index < -0.39 is 6.10 Å². The second-order valence-corrected chi connectivity index (χ2v) is 7.68. The zero-order valence-electron chi connectivity index (χ0n) is 16.2. The van der Waals surface area contributed by atoms with Gasteiger partial charge in [-0.25, -0.2) is 4.79 Å². The van der Waals surface area contributed by atoms with Crippen molar-refractivity contribution in [3.05, 3.63) is 18.2 Å². The molecule has 1 saturated carbocycles. The first-order valence-electron chi connectivity index (χ1n) is 10.1. The highest BCUT2D eigenvalue weighted by Gasteiger charge is 2.33. The van der Waals surface area contributed by atoms with Crippen molar-refractivity contribution < 1.29 is 28.9 Å². The fraction of sp³-hybridized carbons (Fsp3) is 0.600. The third-order valence-electron chi connectivity index (χ3n) is 5.46. The lowest BCUT2D eigenvalue weighted by Crippen LogP contribution is -2.52. The molecular formula is C20H27N3O6. The summed E-state index contributed by atoms with van der Waals surface area (Å²) in [5.41, 5.74) is 0.591. The topological polar surface area (TPSA) is 118 Å². The Morgan fingerprint density at radius 1 is 1.10 bits per heavy atom. The molecule has 9 heteroatoms. The summed E-state index contributed by atoms with van der Waals surface area (Å²) < 4.78 is 16.5. The van der Waals surface area contributed by atoms with Gasteiger partial charge in [-0.05, 0) is 44.2 Å². The lowest BCUT2D eigenvalue weighted by molar-refractivity contribution is -0.122. The number of hydrogen-bond donors (Lipinski definition) is 4. The predicted molar refractivity (Wildman–Crippen MR) is 104 cm³/mol. The van der Waals surface area contributed by atoms with Gasteiger partial charge in [0, 0.05) is 24.2 Å². The number of amides is 3. The lowest BCUT2D eigenvalue weighted by Gasteiger charge is -2.36. The number of fused-ring (bicyclic) bond motifs is 1. The number of carbonyl (C=O) groups is 2. The first-order chi connectivity index (χ1) is 14.1. The van der Waals surface area contributed by atoms with Crippen LogP contribution < -0.4 is 25.4 Å². The van der Waals surface area contributed by atoms with Crippen molar-refractivity contribution in [1.82, 2.24) is 10.6 Å². The molecule has 0 spiro atoms. The summed E-state index contributed by atoms with van der Waals surface area (Å²) >= 11 is 0. The molecule has 4 rings (SSSR count). The van der Waals surface area contributed by atoms with Crippen LogP contribution in [-0.4, -0.2) is 55.2 Å². The Bertz CT molecular complexity index is 754. The molecule has 158 valence electrons. The molecule has 3 amide bonds. The maximum atomic E-state index is 12.4. The van der Waals surface area contributed by atoms with Gasteiger partial charge in [0.15, 0.2) is 11.5 Å². The standard InChI is InChI=1S/C20H27N3O6/c24-10-18-15(5-4-14(29-18)7-8-21-19(25)12-1-2-12)23-20(26)22-13-3-6-16-17(9-13)28-11-27-16/h3,6,9,12,14-15,18,24H,1-2,4-5,7-8,10-11H2,(H,21,25)(H2,22,23,26)/t14-,15-,18-/m0/s1. The van der Waals surface area contributed by atoms with Crippen molar-refractivity contribution in [2.45, 2.75) is 50.4 Å². The molecule has 2 fully saturated rings. The first-order valence-corrected chi connectivity index (χ1v) is 10.1. The Hall–Kier alpha value is -2.52. The normalized spacial score (nSPS) is 25.3. The van der Waals surface area contributed by atoms with E-state index in [4.69, 9.17) is 14.2 Å². The lowest BCUT2D eigenvalue weighted by atomic mass is 9.97. The van der Waals surface area contributed by atoms with Crippen molar-refractivity contribution in [2.24, 2.45) is 5.92 Å². The molecule has 1 aliphatic carbocycles. The molecule has 2 heterocycles. The van der Waals surface area contributed by atoms with E-state index in [1.54, 1.807) is 18.2 Å². The van der Waals surface area contributed by atoms with Gasteiger partial charge in [0.05, 0.1) is 18.8 Å². The Kier molecular flexibility index (Phi) is 6.05. The first kappa shape index (κ1) is 19.8. The summed E-state index contributed by atoms with van der Waals surface area (Å²) in [5.74, 6) is 1.56. The van der Waals surface area contributed by atoms with E-state index in [2.05, 4.69) is 16.0 Å². The molecule has 1 saturated heterocycles. The fourth-order valence-electron chi connectivity index (χ4n) is 3.67. The Morgan fingerprint density at radius 3 is 2.72 bits per heavy atom. The highest BCUT2D eigenvalue weighted by molar-refractivity contribution is 5.90. The number of anilines is 1. The van der Waals surface area contributed by atoms with Crippen LogP contribution in [0.2, 0.25) is 0 Å². The van der Waals surface area contributed by atoms with E-state index in [1.165, 1.54) is 0 Å². The van der Waals surface area contributed by atoms with Gasteiger partial charge in [0.2, 0.25) is 12.7 Å². The summed E-state index contributed by atoms with van der Waals surface area (Å²) in [6.07, 6.45) is 3.61. The molecule has 0 aromatic heterocycles. The van der Waals surface area contributed by atoms with E-state index >= 15 is 0 Å². The number of rotatable bonds is 7. The van der Waals surface area contributed by atoms with Crippen LogP contribution in [0.4, 0.5) is 10.5 Å². The highest BCUT2D eigenvalue weighted by atomic mass is 16.7. The van der Waals surface area contributed by atoms with Crippen LogP contribution in [0.3, 0.4) is 0 Å². The molecule has 0 radical (unpaired) electrons. The van der Waals surface area contributed by atoms with Crippen LogP contribution in [0.1, 0.15) is 32.1 Å². The average molecular weight is 405 g/mol. The predicted octanol–water partition coefficient (Wildman–Crippen LogP) is 1.36. The smallest absolute Gasteiger partial charge is 0.319 e. The third kappa shape index (κ3) is 5.10. The number of hydrogen-bond acceptors (Lipinski definition) is 6. The van der Waals surface area contributed by atoms with Crippen molar-refractivity contribution >= 4 is 17.6 Å². The van der Waals surface area contributed by atoms with E-state index in [9.17, 15) is 14.7 Å². The van der Waals surface area contributed by atoms with E-state index in [0.717, 1.165) is 19.3 Å². The van der Waals surface area contributed by atoms with Gasteiger partial charge in [-0.1, -0.05) is 0 Å². The Labute approximate surface area is 169 Å². The largest absolute Gasteiger partial charge is 0.454 e. The molecule has 4 N–H and O–H groups in total. The maximum absolute atomic E-state index is 12.4. The molecule has 29 heavy (non-hydrogen) atoms. The quantitative estimate of drug-likeness (QED) is 0.544. The molecule has 0 bridgehead atoms. The van der Waals surface area contributed by atoms with Crippen LogP contribution in [-0.2, 0) is 9.53 Å². The highest BCUT2D eigenvalue weighted by Crippen LogP contribution is 2.34. The van der Waals surface area contributed by atoms with Gasteiger partial charge >= 0.3 is 6.03 Å². The second kappa shape index (κ2) is 8.87. The zero-order valence-corrected chi connectivity index (χ0v) is 16.2. The molecular weight excluding hydrogens is 378 g/mol. The van der Waals surface area contributed by atoms with Gasteiger partial charge in [-0.2, -0.15) is 0 Å². The van der Waals surface area contributed by atoms with E-state index in [0.29, 0.717) is 36.6 Å². The monoisotopic (exact) mass is 405 g/mol. The van der Waals surface area contributed by atoms with Crippen molar-refractivity contribution in [3.63, 3.8) is 0 Å². The van der Waals surface area contributed by atoms with Crippen molar-refractivity contribution in [2.75, 3.05) is 25.3 Å². The van der Waals surface area contributed by atoms with Crippen LogP contribution in [0.5, 0.6) is 11.5 Å². The number of benzene rings is 1. The summed E-state index contributed by atoms with van der Waals surface area (Å²) in [5, 5.41) is 18.3. The maximum Gasteiger partial charge on any atom is 0.319 e. The van der Waals surface area contributed by atoms with Gasteiger partial charge in [-0.3, -0.25) is 4.79 Å². The van der Waals surface area contributed by atoms with Crippen LogP contribution in [0, 0.1) is 5.92 Å². The summed E-state index contributed by atoms with van der Waals surface area (Å²) in [7, 11) is 0. The minimum atomic E-state index is -0.476. The summed E-state index contributed by atoms with van der Waals surface area (Å²) in [6, 6.07) is 4.52. The summed E-state index contributed by atoms with van der Waals surface area (Å²) in [6.45, 7) is 0.564. The minimum absolute atomic E-state index is 0.0402. The third-order valence-corrected chi connectivity index (χ3v) is 5.46. The van der Waals surface area contributed by atoms with E-state index in [-0.39, 0.29) is 43.4 Å². The van der Waals surface area contributed by atoms with Gasteiger partial charge in [0.1, 0.15) is 6.10 Å². The number of ether oxygens (including phenoxy) is 3. The number of nitrogens with one attached hydrogen (secondary N) is 3. The Morgan fingerprint density at radius 2 is 1.93 bits per heavy atom. The van der Waals surface area contributed by atoms with Crippen molar-refractivity contribution in [3.8, 4) is 11.5 Å². The zero-order chi connectivity index (χ0) is 20.2. The van der Waals surface area contributed by atoms with Crippen LogP contribution >= 0.6 is 0 Å². The number of urea groups is 1. The molecule has 3 atom stereocenters. The fourth-order valence-corrected chi connectivity index (χ4v) is 3.67. The molecule has 9 nitrogen and oxygen atoms in total. The van der Waals surface area contributed by atoms with Gasteiger partial charge in [-0.15, -0.1) is 0 Å². The van der Waals surface area contributed by atoms with Gasteiger partial charge in [0.25, 0.3) is 0 Å². The number of aliphatic hydroxyl groups excluding tert-OH is 1. The van der Waals surface area contributed by atoms with Crippen molar-refractivity contribution in [1.29, 1.82) is 0 Å². The average Bonchev–Trinajstić information content (AvgIpc) is 3.47. The Balaban J connectivity index is 1.22. The molecule has 1 aromatic carbocycles.